The fourth-order valence-corrected chi connectivity index (χ4v) is 2.70. The van der Waals surface area contributed by atoms with E-state index in [0.29, 0.717) is 17.2 Å². The average molecular weight is 362 g/mol. The second kappa shape index (κ2) is 6.74. The van der Waals surface area contributed by atoms with E-state index in [9.17, 15) is 14.7 Å². The van der Waals surface area contributed by atoms with Gasteiger partial charge in [0, 0.05) is 6.07 Å². The number of fused-ring (bicyclic) bond motifs is 1. The van der Waals surface area contributed by atoms with E-state index in [1.807, 2.05) is 30.3 Å². The molecule has 7 heteroatoms. The third-order valence-corrected chi connectivity index (χ3v) is 4.01. The van der Waals surface area contributed by atoms with Crippen molar-refractivity contribution in [1.29, 1.82) is 0 Å². The highest BCUT2D eigenvalue weighted by atomic mass is 16.7. The minimum Gasteiger partial charge on any atom is -0.494 e. The van der Waals surface area contributed by atoms with Gasteiger partial charge in [-0.25, -0.2) is 9.36 Å². The van der Waals surface area contributed by atoms with Crippen LogP contribution in [-0.4, -0.2) is 21.5 Å². The molecule has 4 rings (SSSR count). The van der Waals surface area contributed by atoms with Gasteiger partial charge in [0.25, 0.3) is 5.56 Å². The smallest absolute Gasteiger partial charge is 0.335 e. The van der Waals surface area contributed by atoms with E-state index in [2.05, 4.69) is 10.7 Å². The molecule has 1 aromatic heterocycles. The lowest BCUT2D eigenvalue weighted by Gasteiger charge is -2.10. The van der Waals surface area contributed by atoms with Crippen molar-refractivity contribution in [3.8, 4) is 23.1 Å². The molecule has 0 saturated carbocycles. The highest BCUT2D eigenvalue weighted by Crippen LogP contribution is 2.34. The zero-order chi connectivity index (χ0) is 18.8. The van der Waals surface area contributed by atoms with Gasteiger partial charge >= 0.3 is 5.69 Å². The van der Waals surface area contributed by atoms with Gasteiger partial charge in [0.15, 0.2) is 11.5 Å². The number of aromatic amines is 1. The van der Waals surface area contributed by atoms with Crippen molar-refractivity contribution in [2.75, 3.05) is 6.79 Å². The van der Waals surface area contributed by atoms with Crippen LogP contribution in [0.3, 0.4) is 0 Å². The number of H-pyrrole nitrogens is 1. The quantitative estimate of drug-likeness (QED) is 0.697. The van der Waals surface area contributed by atoms with Crippen molar-refractivity contribution in [2.24, 2.45) is 0 Å². The van der Waals surface area contributed by atoms with Crippen molar-refractivity contribution in [3.63, 3.8) is 0 Å². The van der Waals surface area contributed by atoms with Crippen LogP contribution in [0.2, 0.25) is 0 Å². The molecule has 0 unspecified atom stereocenters. The molecule has 0 spiro atoms. The van der Waals surface area contributed by atoms with Crippen LogP contribution in [0.4, 0.5) is 0 Å². The van der Waals surface area contributed by atoms with Gasteiger partial charge in [-0.3, -0.25) is 9.78 Å². The maximum Gasteiger partial charge on any atom is 0.335 e. The van der Waals surface area contributed by atoms with Crippen molar-refractivity contribution in [2.45, 2.75) is 0 Å². The molecule has 0 atom stereocenters. The van der Waals surface area contributed by atoms with E-state index >= 15 is 0 Å². The molecule has 0 fully saturated rings. The molecule has 0 saturated heterocycles. The third kappa shape index (κ3) is 3.15. The van der Waals surface area contributed by atoms with Crippen molar-refractivity contribution < 1.29 is 14.6 Å². The molecule has 27 heavy (non-hydrogen) atoms. The number of aromatic hydroxyl groups is 1. The van der Waals surface area contributed by atoms with Gasteiger partial charge in [0.05, 0.1) is 5.69 Å². The lowest BCUT2D eigenvalue weighted by Crippen LogP contribution is -2.30. The molecule has 0 aliphatic carbocycles. The summed E-state index contributed by atoms with van der Waals surface area (Å²) in [5.74, 6) is 0.504. The van der Waals surface area contributed by atoms with Crippen LogP contribution in [0.5, 0.6) is 17.4 Å². The number of rotatable bonds is 3. The molecule has 0 radical (unpaired) electrons. The van der Waals surface area contributed by atoms with E-state index < -0.39 is 17.1 Å². The summed E-state index contributed by atoms with van der Waals surface area (Å²) in [4.78, 5) is 26.6. The summed E-state index contributed by atoms with van der Waals surface area (Å²) in [7, 11) is 0. The van der Waals surface area contributed by atoms with Crippen molar-refractivity contribution in [3.05, 3.63) is 86.2 Å². The minimum absolute atomic E-state index is 0.0838. The Hall–Kier alpha value is -3.96. The molecule has 1 aliphatic rings. The Morgan fingerprint density at radius 3 is 2.63 bits per heavy atom. The molecule has 0 bridgehead atoms. The normalized spacial score (nSPS) is 11.7. The van der Waals surface area contributed by atoms with Crippen LogP contribution in [0.25, 0.3) is 17.8 Å². The summed E-state index contributed by atoms with van der Waals surface area (Å²) in [6.07, 6.45) is 2.99. The predicted octanol–water partition coefficient (Wildman–Crippen LogP) is 2.29. The number of hydrogen-bond acceptors (Lipinski definition) is 5. The van der Waals surface area contributed by atoms with E-state index in [0.717, 1.165) is 10.1 Å². The number of ether oxygens (including phenoxy) is 2. The Bertz CT molecular complexity index is 1190. The number of nitrogens with zero attached hydrogens (tertiary/aromatic N) is 1. The zero-order valence-electron chi connectivity index (χ0n) is 14.0. The first-order chi connectivity index (χ1) is 13.1. The first kappa shape index (κ1) is 16.5. The standard InChI is InChI=1S/C20H14N2O5/c23-18-15(8-4-7-13-5-2-1-3-6-13)19(24)22(20(25)21-18)14-9-10-16-17(11-14)27-12-26-16/h1-3,5-11,24H,12H2,(H,21,23,25). The Balaban J connectivity index is 1.81. The Labute approximate surface area is 153 Å². The SMILES string of the molecule is O=c1[nH]c(=O)n(-c2ccc3c(c2)OCO3)c(O)c1C=C=Cc1ccccc1. The van der Waals surface area contributed by atoms with Gasteiger partial charge in [-0.05, 0) is 29.8 Å². The van der Waals surface area contributed by atoms with Gasteiger partial charge in [-0.2, -0.15) is 0 Å². The predicted molar refractivity (Wildman–Crippen MR) is 99.3 cm³/mol. The summed E-state index contributed by atoms with van der Waals surface area (Å²) in [5, 5.41) is 10.5. The maximum absolute atomic E-state index is 12.2. The van der Waals surface area contributed by atoms with Gasteiger partial charge in [-0.1, -0.05) is 30.3 Å². The average Bonchev–Trinajstić information content (AvgIpc) is 3.13. The number of aromatic nitrogens is 2. The monoisotopic (exact) mass is 362 g/mol. The van der Waals surface area contributed by atoms with E-state index in [4.69, 9.17) is 9.47 Å². The third-order valence-electron chi connectivity index (χ3n) is 4.01. The largest absolute Gasteiger partial charge is 0.494 e. The fraction of sp³-hybridized carbons (Fsp3) is 0.0500. The van der Waals surface area contributed by atoms with Gasteiger partial charge in [0.1, 0.15) is 5.56 Å². The molecule has 2 aromatic carbocycles. The summed E-state index contributed by atoms with van der Waals surface area (Å²) >= 11 is 0. The first-order valence-electron chi connectivity index (χ1n) is 8.09. The summed E-state index contributed by atoms with van der Waals surface area (Å²) in [5.41, 5.74) is 2.51. The first-order valence-corrected chi connectivity index (χ1v) is 8.09. The Kier molecular flexibility index (Phi) is 4.12. The summed E-state index contributed by atoms with van der Waals surface area (Å²) in [6.45, 7) is 0.0869. The fourth-order valence-electron chi connectivity index (χ4n) is 2.70. The molecule has 2 heterocycles. The van der Waals surface area contributed by atoms with Crippen molar-refractivity contribution >= 4 is 12.2 Å². The number of benzene rings is 2. The van der Waals surface area contributed by atoms with Gasteiger partial charge in [0.2, 0.25) is 12.7 Å². The molecule has 134 valence electrons. The van der Waals surface area contributed by atoms with E-state index in [1.165, 1.54) is 6.08 Å². The van der Waals surface area contributed by atoms with Crippen LogP contribution < -0.4 is 20.7 Å². The second-order valence-electron chi connectivity index (χ2n) is 5.74. The Morgan fingerprint density at radius 2 is 1.81 bits per heavy atom. The van der Waals surface area contributed by atoms with Crippen LogP contribution in [0.15, 0.2) is 63.9 Å². The molecule has 7 nitrogen and oxygen atoms in total. The molecule has 1 aliphatic heterocycles. The van der Waals surface area contributed by atoms with Gasteiger partial charge < -0.3 is 14.6 Å². The number of nitrogens with one attached hydrogen (secondary N) is 1. The van der Waals surface area contributed by atoms with Crippen LogP contribution in [0.1, 0.15) is 11.1 Å². The minimum atomic E-state index is -0.763. The van der Waals surface area contributed by atoms with Crippen LogP contribution >= 0.6 is 0 Å². The Morgan fingerprint density at radius 1 is 1.04 bits per heavy atom. The highest BCUT2D eigenvalue weighted by molar-refractivity contribution is 5.61. The van der Waals surface area contributed by atoms with Crippen molar-refractivity contribution in [1.82, 2.24) is 9.55 Å². The molecule has 3 aromatic rings. The lowest BCUT2D eigenvalue weighted by molar-refractivity contribution is 0.174. The lowest BCUT2D eigenvalue weighted by atomic mass is 10.2. The number of hydrogen-bond donors (Lipinski definition) is 2. The summed E-state index contributed by atoms with van der Waals surface area (Å²) in [6, 6.07) is 14.1. The van der Waals surface area contributed by atoms with E-state index in [-0.39, 0.29) is 12.4 Å². The second-order valence-corrected chi connectivity index (χ2v) is 5.74. The van der Waals surface area contributed by atoms with E-state index in [1.54, 1.807) is 24.3 Å². The van der Waals surface area contributed by atoms with Crippen LogP contribution in [0, 0.1) is 0 Å². The topological polar surface area (TPSA) is 93.6 Å². The van der Waals surface area contributed by atoms with Crippen LogP contribution in [-0.2, 0) is 0 Å². The maximum atomic E-state index is 12.2. The molecule has 0 amide bonds. The molecular weight excluding hydrogens is 348 g/mol. The zero-order valence-corrected chi connectivity index (χ0v) is 14.0. The van der Waals surface area contributed by atoms with Gasteiger partial charge in [-0.15, -0.1) is 5.73 Å². The molecule has 2 N–H and O–H groups in total. The summed E-state index contributed by atoms with van der Waals surface area (Å²) < 4.78 is 11.5. The molecular formula is C20H14N2O5. The highest BCUT2D eigenvalue weighted by Gasteiger charge is 2.18.